The molecule has 0 fully saturated rings. The van der Waals surface area contributed by atoms with Gasteiger partial charge in [0, 0.05) is 5.75 Å². The van der Waals surface area contributed by atoms with Crippen LogP contribution in [0.1, 0.15) is 45.1 Å². The molecule has 1 aromatic heterocycles. The van der Waals surface area contributed by atoms with Crippen molar-refractivity contribution in [1.29, 1.82) is 0 Å². The molecule has 0 spiro atoms. The van der Waals surface area contributed by atoms with E-state index in [-0.39, 0.29) is 11.0 Å². The van der Waals surface area contributed by atoms with E-state index in [9.17, 15) is 13.5 Å². The number of aromatic nitrogens is 1. The van der Waals surface area contributed by atoms with Crippen LogP contribution in [0, 0.1) is 6.92 Å². The molecule has 0 amide bonds. The summed E-state index contributed by atoms with van der Waals surface area (Å²) in [5.41, 5.74) is 2.02. The molecule has 1 unspecified atom stereocenters. The fourth-order valence-corrected chi connectivity index (χ4v) is 6.22. The number of aliphatic hydroxyl groups is 1. The van der Waals surface area contributed by atoms with Crippen molar-refractivity contribution in [1.82, 2.24) is 4.98 Å². The maximum Gasteiger partial charge on any atom is 0.294 e. The van der Waals surface area contributed by atoms with Gasteiger partial charge < -0.3 is 9.59 Å². The van der Waals surface area contributed by atoms with Gasteiger partial charge in [0.1, 0.15) is 12.6 Å². The van der Waals surface area contributed by atoms with Crippen LogP contribution in [0.25, 0.3) is 10.2 Å². The maximum atomic E-state index is 10.6. The molecule has 0 radical (unpaired) electrons. The molecular weight excluding hydrogens is 500 g/mol. The quantitative estimate of drug-likeness (QED) is 0.166. The molecule has 3 rings (SSSR count). The third-order valence-corrected chi connectivity index (χ3v) is 8.94. The summed E-state index contributed by atoms with van der Waals surface area (Å²) in [5, 5.41) is 10.6. The number of rotatable bonds is 12. The van der Waals surface area contributed by atoms with E-state index in [4.69, 9.17) is 4.55 Å². The molecular formula is C26H39N2O4S3+. The predicted molar refractivity (Wildman–Crippen MR) is 148 cm³/mol. The van der Waals surface area contributed by atoms with Crippen LogP contribution in [0.4, 0.5) is 0 Å². The summed E-state index contributed by atoms with van der Waals surface area (Å²) in [6, 6.07) is 14.2. The molecule has 9 heteroatoms. The highest BCUT2D eigenvalue weighted by atomic mass is 32.2. The summed E-state index contributed by atoms with van der Waals surface area (Å²) in [6.45, 7) is 9.50. The van der Waals surface area contributed by atoms with Crippen molar-refractivity contribution in [2.45, 2.75) is 61.8 Å². The summed E-state index contributed by atoms with van der Waals surface area (Å²) in [4.78, 5) is 4.58. The number of hydrogen-bond donors (Lipinski definition) is 2. The van der Waals surface area contributed by atoms with Crippen molar-refractivity contribution in [3.05, 3.63) is 54.1 Å². The molecule has 6 nitrogen and oxygen atoms in total. The summed E-state index contributed by atoms with van der Waals surface area (Å²) in [5.74, 6) is 0.728. The van der Waals surface area contributed by atoms with Crippen molar-refractivity contribution in [2.75, 3.05) is 32.4 Å². The lowest BCUT2D eigenvalue weighted by molar-refractivity contribution is -0.912. The molecule has 0 saturated carbocycles. The highest BCUT2D eigenvalue weighted by Gasteiger charge is 2.25. The summed E-state index contributed by atoms with van der Waals surface area (Å²) in [7, 11) is -1.72. The normalized spacial score (nSPS) is 12.9. The molecule has 0 aliphatic carbocycles. The SMILES string of the molecule is CCCC[N+](C)(CCCC)CC(O)CSc1nc2ccccc2s1.Cc1ccc(S(=O)(=O)O)cc1. The van der Waals surface area contributed by atoms with Gasteiger partial charge in [-0.2, -0.15) is 8.42 Å². The molecule has 35 heavy (non-hydrogen) atoms. The van der Waals surface area contributed by atoms with E-state index >= 15 is 0 Å². The first kappa shape index (κ1) is 29.7. The molecule has 0 aliphatic heterocycles. The van der Waals surface area contributed by atoms with Crippen LogP contribution in [0.15, 0.2) is 57.8 Å². The summed E-state index contributed by atoms with van der Waals surface area (Å²) >= 11 is 3.41. The van der Waals surface area contributed by atoms with Gasteiger partial charge in [-0.05, 0) is 44.0 Å². The van der Waals surface area contributed by atoms with Crippen LogP contribution < -0.4 is 0 Å². The number of benzene rings is 2. The van der Waals surface area contributed by atoms with Crippen LogP contribution in [0.2, 0.25) is 0 Å². The number of quaternary nitrogens is 1. The van der Waals surface area contributed by atoms with Gasteiger partial charge in [-0.3, -0.25) is 4.55 Å². The Morgan fingerprint density at radius 2 is 1.63 bits per heavy atom. The van der Waals surface area contributed by atoms with E-state index in [1.54, 1.807) is 35.2 Å². The Balaban J connectivity index is 0.000000328. The maximum absolute atomic E-state index is 10.6. The monoisotopic (exact) mass is 539 g/mol. The minimum atomic E-state index is -4.02. The van der Waals surface area contributed by atoms with Crippen LogP contribution >= 0.6 is 23.1 Å². The zero-order valence-corrected chi connectivity index (χ0v) is 23.6. The lowest BCUT2D eigenvalue weighted by Gasteiger charge is -2.36. The molecule has 0 aliphatic rings. The van der Waals surface area contributed by atoms with Crippen molar-refractivity contribution in [3.8, 4) is 0 Å². The lowest BCUT2D eigenvalue weighted by Crippen LogP contribution is -2.50. The van der Waals surface area contributed by atoms with Gasteiger partial charge in [0.2, 0.25) is 0 Å². The Kier molecular flexibility index (Phi) is 12.2. The van der Waals surface area contributed by atoms with Gasteiger partial charge in [0.05, 0.1) is 35.2 Å². The minimum Gasteiger partial charge on any atom is -0.386 e. The smallest absolute Gasteiger partial charge is 0.294 e. The third-order valence-electron chi connectivity index (χ3n) is 5.75. The summed E-state index contributed by atoms with van der Waals surface area (Å²) in [6.07, 6.45) is 4.63. The first-order valence-corrected chi connectivity index (χ1v) is 15.3. The second-order valence-electron chi connectivity index (χ2n) is 9.16. The van der Waals surface area contributed by atoms with Gasteiger partial charge in [0.25, 0.3) is 10.1 Å². The Morgan fingerprint density at radius 3 is 2.17 bits per heavy atom. The molecule has 194 valence electrons. The van der Waals surface area contributed by atoms with Crippen molar-refractivity contribution < 1.29 is 22.6 Å². The molecule has 0 bridgehead atoms. The fraction of sp³-hybridized carbons (Fsp3) is 0.500. The highest BCUT2D eigenvalue weighted by molar-refractivity contribution is 8.01. The largest absolute Gasteiger partial charge is 0.386 e. The Bertz CT molecular complexity index is 1090. The number of unbranched alkanes of at least 4 members (excludes halogenated alkanes) is 2. The molecule has 1 heterocycles. The van der Waals surface area contributed by atoms with Crippen LogP contribution in [0.3, 0.4) is 0 Å². The van der Waals surface area contributed by atoms with Crippen LogP contribution in [0.5, 0.6) is 0 Å². The average Bonchev–Trinajstić information content (AvgIpc) is 3.23. The number of thioether (sulfide) groups is 1. The van der Waals surface area contributed by atoms with Gasteiger partial charge in [0.15, 0.2) is 4.34 Å². The second kappa shape index (κ2) is 14.3. The first-order chi connectivity index (χ1) is 16.6. The van der Waals surface area contributed by atoms with Crippen molar-refractivity contribution in [3.63, 3.8) is 0 Å². The average molecular weight is 540 g/mol. The topological polar surface area (TPSA) is 87.5 Å². The zero-order chi connectivity index (χ0) is 25.9. The van der Waals surface area contributed by atoms with Gasteiger partial charge in [-0.15, -0.1) is 11.3 Å². The number of aliphatic hydroxyl groups excluding tert-OH is 1. The number of nitrogens with zero attached hydrogens (tertiary/aromatic N) is 2. The predicted octanol–water partition coefficient (Wildman–Crippen LogP) is 6.04. The van der Waals surface area contributed by atoms with Gasteiger partial charge in [-0.1, -0.05) is 68.3 Å². The van der Waals surface area contributed by atoms with E-state index < -0.39 is 10.1 Å². The number of likely N-dealkylation sites (N-methyl/N-ethyl adjacent to an activating group) is 1. The molecule has 1 atom stereocenters. The van der Waals surface area contributed by atoms with Gasteiger partial charge in [-0.25, -0.2) is 4.98 Å². The lowest BCUT2D eigenvalue weighted by atomic mass is 10.2. The fourth-order valence-electron chi connectivity index (χ4n) is 3.73. The molecule has 3 aromatic rings. The number of fused-ring (bicyclic) bond motifs is 1. The van der Waals surface area contributed by atoms with Crippen LogP contribution in [-0.4, -0.2) is 66.1 Å². The summed E-state index contributed by atoms with van der Waals surface area (Å²) < 4.78 is 32.8. The molecule has 2 aromatic carbocycles. The first-order valence-electron chi connectivity index (χ1n) is 12.1. The number of hydrogen-bond acceptors (Lipinski definition) is 6. The Morgan fingerprint density at radius 1 is 1.03 bits per heavy atom. The molecule has 2 N–H and O–H groups in total. The van der Waals surface area contributed by atoms with Crippen LogP contribution in [-0.2, 0) is 10.1 Å². The van der Waals surface area contributed by atoms with E-state index in [2.05, 4.69) is 38.0 Å². The zero-order valence-electron chi connectivity index (χ0n) is 21.2. The highest BCUT2D eigenvalue weighted by Crippen LogP contribution is 2.30. The van der Waals surface area contributed by atoms with Gasteiger partial charge >= 0.3 is 0 Å². The number of aryl methyl sites for hydroxylation is 1. The third kappa shape index (κ3) is 10.6. The molecule has 0 saturated heterocycles. The van der Waals surface area contributed by atoms with E-state index in [0.29, 0.717) is 0 Å². The van der Waals surface area contributed by atoms with E-state index in [1.807, 2.05) is 19.1 Å². The number of para-hydroxylation sites is 1. The van der Waals surface area contributed by atoms with Crippen molar-refractivity contribution >= 4 is 43.4 Å². The number of thiazole rings is 1. The van der Waals surface area contributed by atoms with E-state index in [0.717, 1.165) is 32.2 Å². The van der Waals surface area contributed by atoms with Crippen molar-refractivity contribution in [2.24, 2.45) is 0 Å². The van der Waals surface area contributed by atoms with E-state index in [1.165, 1.54) is 55.6 Å². The Labute approximate surface area is 218 Å². The second-order valence-corrected chi connectivity index (χ2v) is 12.9. The minimum absolute atomic E-state index is 0.0666. The Hall–Kier alpha value is -1.49. The standard InChI is InChI=1S/C19H31N2OS2.C7H8O3S/c1-4-6-12-21(3,13-7-5-2)14-16(22)15-23-19-20-17-10-8-9-11-18(17)24-19;1-6-2-4-7(5-3-6)11(8,9)10/h8-11,16,22H,4-7,12-15H2,1-3H3;2-5H,1H3,(H,8,9,10)/q+1;.